The molecule has 1 saturated heterocycles. The fraction of sp³-hybridized carbons (Fsp3) is 0.538. The predicted octanol–water partition coefficient (Wildman–Crippen LogP) is 2.55. The van der Waals surface area contributed by atoms with Crippen LogP contribution in [0.25, 0.3) is 0 Å². The number of aromatic carboxylic acids is 1. The summed E-state index contributed by atoms with van der Waals surface area (Å²) in [5, 5.41) is 8.75. The molecule has 1 unspecified atom stereocenters. The maximum absolute atomic E-state index is 12.7. The molecule has 0 radical (unpaired) electrons. The molecule has 1 aromatic rings. The molecule has 7 heteroatoms. The van der Waals surface area contributed by atoms with Crippen LogP contribution in [0.5, 0.6) is 0 Å². The highest BCUT2D eigenvalue weighted by molar-refractivity contribution is 5.87. The van der Waals surface area contributed by atoms with Gasteiger partial charge in [-0.25, -0.2) is 4.79 Å². The third-order valence-corrected chi connectivity index (χ3v) is 3.43. The molecule has 1 aliphatic heterocycles. The number of rotatable bonds is 3. The quantitative estimate of drug-likeness (QED) is 0.928. The fourth-order valence-electron chi connectivity index (χ4n) is 2.34. The molecular formula is C13H15F3N2O2. The first-order chi connectivity index (χ1) is 9.36. The number of pyridine rings is 1. The van der Waals surface area contributed by atoms with Crippen molar-refractivity contribution in [3.63, 3.8) is 0 Å². The van der Waals surface area contributed by atoms with Gasteiger partial charge in [-0.05, 0) is 31.5 Å². The summed E-state index contributed by atoms with van der Waals surface area (Å²) in [7, 11) is 0. The van der Waals surface area contributed by atoms with E-state index in [-0.39, 0.29) is 18.5 Å². The van der Waals surface area contributed by atoms with Crippen molar-refractivity contribution in [2.75, 3.05) is 13.1 Å². The number of piperidine rings is 1. The van der Waals surface area contributed by atoms with Gasteiger partial charge in [0.1, 0.15) is 0 Å². The van der Waals surface area contributed by atoms with Crippen molar-refractivity contribution in [3.8, 4) is 0 Å². The lowest BCUT2D eigenvalue weighted by atomic mass is 9.97. The second-order valence-electron chi connectivity index (χ2n) is 4.96. The van der Waals surface area contributed by atoms with E-state index in [0.717, 1.165) is 0 Å². The number of hydrogen-bond donors (Lipinski definition) is 1. The van der Waals surface area contributed by atoms with Crippen molar-refractivity contribution in [1.82, 2.24) is 9.88 Å². The molecule has 1 fully saturated rings. The van der Waals surface area contributed by atoms with Gasteiger partial charge in [0, 0.05) is 19.3 Å². The van der Waals surface area contributed by atoms with Crippen molar-refractivity contribution >= 4 is 5.97 Å². The molecule has 110 valence electrons. The van der Waals surface area contributed by atoms with Crippen LogP contribution >= 0.6 is 0 Å². The van der Waals surface area contributed by atoms with Crippen LogP contribution in [-0.4, -0.2) is 40.2 Å². The van der Waals surface area contributed by atoms with Crippen LogP contribution in [0.4, 0.5) is 13.2 Å². The number of halogens is 3. The second-order valence-corrected chi connectivity index (χ2v) is 4.96. The number of carboxylic acid groups (broad SMARTS) is 1. The van der Waals surface area contributed by atoms with E-state index in [9.17, 15) is 18.0 Å². The maximum Gasteiger partial charge on any atom is 0.393 e. The largest absolute Gasteiger partial charge is 0.478 e. The van der Waals surface area contributed by atoms with Gasteiger partial charge in [-0.15, -0.1) is 0 Å². The van der Waals surface area contributed by atoms with Crippen molar-refractivity contribution in [2.45, 2.75) is 25.6 Å². The van der Waals surface area contributed by atoms with Gasteiger partial charge in [0.05, 0.1) is 17.2 Å². The zero-order valence-corrected chi connectivity index (χ0v) is 10.7. The average molecular weight is 288 g/mol. The van der Waals surface area contributed by atoms with Crippen molar-refractivity contribution < 1.29 is 23.1 Å². The molecule has 0 aliphatic carbocycles. The minimum absolute atomic E-state index is 0.0220. The molecule has 0 aromatic carbocycles. The highest BCUT2D eigenvalue weighted by atomic mass is 19.4. The number of nitrogens with zero attached hydrogens (tertiary/aromatic N) is 2. The minimum atomic E-state index is -4.15. The van der Waals surface area contributed by atoms with Crippen LogP contribution in [0.2, 0.25) is 0 Å². The van der Waals surface area contributed by atoms with Crippen LogP contribution in [0.3, 0.4) is 0 Å². The second kappa shape index (κ2) is 5.78. The fourth-order valence-corrected chi connectivity index (χ4v) is 2.34. The molecule has 1 aromatic heterocycles. The topological polar surface area (TPSA) is 53.4 Å². The third kappa shape index (κ3) is 3.69. The molecule has 1 N–H and O–H groups in total. The number of aromatic nitrogens is 1. The lowest BCUT2D eigenvalue weighted by molar-refractivity contribution is -0.187. The van der Waals surface area contributed by atoms with Crippen LogP contribution < -0.4 is 0 Å². The third-order valence-electron chi connectivity index (χ3n) is 3.43. The van der Waals surface area contributed by atoms with Crippen molar-refractivity contribution in [1.29, 1.82) is 0 Å². The number of alkyl halides is 3. The van der Waals surface area contributed by atoms with E-state index >= 15 is 0 Å². The Labute approximate surface area is 114 Å². The standard InChI is InChI=1S/C13H15F3N2O2/c14-13(15,16)10-2-1-5-18(7-10)8-11-4-3-9(6-17-11)12(19)20/h3-4,6,10H,1-2,5,7-8H2,(H,19,20). The molecule has 0 saturated carbocycles. The van der Waals surface area contributed by atoms with Gasteiger partial charge in [0.15, 0.2) is 0 Å². The highest BCUT2D eigenvalue weighted by Gasteiger charge is 2.41. The van der Waals surface area contributed by atoms with Crippen LogP contribution in [0.1, 0.15) is 28.9 Å². The van der Waals surface area contributed by atoms with Crippen LogP contribution in [0, 0.1) is 5.92 Å². The van der Waals surface area contributed by atoms with E-state index in [2.05, 4.69) is 4.98 Å². The predicted molar refractivity (Wildman–Crippen MR) is 65.3 cm³/mol. The van der Waals surface area contributed by atoms with Crippen LogP contribution in [0.15, 0.2) is 18.3 Å². The van der Waals surface area contributed by atoms with Gasteiger partial charge in [0.2, 0.25) is 0 Å². The van der Waals surface area contributed by atoms with E-state index < -0.39 is 18.1 Å². The Kier molecular flexibility index (Phi) is 4.27. The number of carbonyl (C=O) groups is 1. The highest BCUT2D eigenvalue weighted by Crippen LogP contribution is 2.33. The molecule has 0 amide bonds. The lowest BCUT2D eigenvalue weighted by Crippen LogP contribution is -2.41. The summed E-state index contributed by atoms with van der Waals surface area (Å²) in [6.45, 7) is 0.896. The van der Waals surface area contributed by atoms with Gasteiger partial charge < -0.3 is 5.11 Å². The Balaban J connectivity index is 1.97. The summed E-state index contributed by atoms with van der Waals surface area (Å²) in [5.41, 5.74) is 0.651. The molecule has 0 bridgehead atoms. The van der Waals surface area contributed by atoms with Gasteiger partial charge >= 0.3 is 12.1 Å². The van der Waals surface area contributed by atoms with Crippen molar-refractivity contribution in [2.24, 2.45) is 5.92 Å². The van der Waals surface area contributed by atoms with E-state index in [1.807, 2.05) is 0 Å². The summed E-state index contributed by atoms with van der Waals surface area (Å²) in [6.07, 6.45) is -2.25. The SMILES string of the molecule is O=C(O)c1ccc(CN2CCCC(C(F)(F)F)C2)nc1. The zero-order chi connectivity index (χ0) is 14.8. The Bertz CT molecular complexity index is 473. The first-order valence-electron chi connectivity index (χ1n) is 6.33. The van der Waals surface area contributed by atoms with E-state index in [0.29, 0.717) is 25.2 Å². The van der Waals surface area contributed by atoms with Gasteiger partial charge in [-0.3, -0.25) is 9.88 Å². The first-order valence-corrected chi connectivity index (χ1v) is 6.33. The minimum Gasteiger partial charge on any atom is -0.478 e. The molecule has 1 aliphatic rings. The summed E-state index contributed by atoms with van der Waals surface area (Å²) in [6, 6.07) is 2.95. The molecule has 4 nitrogen and oxygen atoms in total. The molecule has 1 atom stereocenters. The molecule has 20 heavy (non-hydrogen) atoms. The van der Waals surface area contributed by atoms with Crippen LogP contribution in [-0.2, 0) is 6.54 Å². The number of hydrogen-bond acceptors (Lipinski definition) is 3. The Morgan fingerprint density at radius 3 is 2.75 bits per heavy atom. The average Bonchev–Trinajstić information content (AvgIpc) is 2.38. The number of likely N-dealkylation sites (tertiary alicyclic amines) is 1. The van der Waals surface area contributed by atoms with Gasteiger partial charge in [-0.2, -0.15) is 13.2 Å². The monoisotopic (exact) mass is 288 g/mol. The zero-order valence-electron chi connectivity index (χ0n) is 10.7. The lowest BCUT2D eigenvalue weighted by Gasteiger charge is -2.33. The Morgan fingerprint density at radius 1 is 1.45 bits per heavy atom. The van der Waals surface area contributed by atoms with E-state index in [4.69, 9.17) is 5.11 Å². The van der Waals surface area contributed by atoms with Crippen molar-refractivity contribution in [3.05, 3.63) is 29.6 Å². The summed E-state index contributed by atoms with van der Waals surface area (Å²) < 4.78 is 38.1. The van der Waals surface area contributed by atoms with E-state index in [1.165, 1.54) is 12.3 Å². The smallest absolute Gasteiger partial charge is 0.393 e. The molecule has 2 rings (SSSR count). The summed E-state index contributed by atoms with van der Waals surface area (Å²) in [4.78, 5) is 16.4. The van der Waals surface area contributed by atoms with E-state index in [1.54, 1.807) is 11.0 Å². The molecule has 2 heterocycles. The maximum atomic E-state index is 12.7. The van der Waals surface area contributed by atoms with Gasteiger partial charge in [-0.1, -0.05) is 0 Å². The Hall–Kier alpha value is -1.63. The molecule has 0 spiro atoms. The first kappa shape index (κ1) is 14.8. The van der Waals surface area contributed by atoms with Gasteiger partial charge in [0.25, 0.3) is 0 Å². The Morgan fingerprint density at radius 2 is 2.20 bits per heavy atom. The summed E-state index contributed by atoms with van der Waals surface area (Å²) in [5.74, 6) is -2.35. The normalized spacial score (nSPS) is 20.9. The number of carboxylic acids is 1. The summed E-state index contributed by atoms with van der Waals surface area (Å²) >= 11 is 0. The molecular weight excluding hydrogens is 273 g/mol.